The van der Waals surface area contributed by atoms with Crippen LogP contribution < -0.4 is 10.6 Å². The van der Waals surface area contributed by atoms with E-state index in [2.05, 4.69) is 16.7 Å². The molecule has 0 bridgehead atoms. The number of anilines is 1. The van der Waals surface area contributed by atoms with Gasteiger partial charge in [0.25, 0.3) is 0 Å². The zero-order valence-corrected chi connectivity index (χ0v) is 11.3. The first-order valence-electron chi connectivity index (χ1n) is 6.31. The van der Waals surface area contributed by atoms with Crippen LogP contribution in [0.5, 0.6) is 0 Å². The van der Waals surface area contributed by atoms with E-state index >= 15 is 0 Å². The lowest BCUT2D eigenvalue weighted by atomic mass is 10.1. The second-order valence-electron chi connectivity index (χ2n) is 4.59. The summed E-state index contributed by atoms with van der Waals surface area (Å²) in [6.07, 6.45) is 1.39. The van der Waals surface area contributed by atoms with Gasteiger partial charge in [-0.1, -0.05) is 13.0 Å². The van der Waals surface area contributed by atoms with E-state index in [0.717, 1.165) is 23.2 Å². The van der Waals surface area contributed by atoms with E-state index in [1.54, 1.807) is 0 Å². The van der Waals surface area contributed by atoms with Crippen molar-refractivity contribution in [3.05, 3.63) is 29.3 Å². The van der Waals surface area contributed by atoms with Crippen LogP contribution in [0.2, 0.25) is 0 Å². The Labute approximate surface area is 108 Å². The van der Waals surface area contributed by atoms with Crippen LogP contribution in [0, 0.1) is 13.8 Å². The number of hydrogen-bond acceptors (Lipinski definition) is 2. The van der Waals surface area contributed by atoms with Gasteiger partial charge in [0.1, 0.15) is 0 Å². The molecule has 0 aliphatic rings. The number of nitrogens with one attached hydrogen (secondary N) is 2. The first-order chi connectivity index (χ1) is 8.55. The third kappa shape index (κ3) is 4.75. The van der Waals surface area contributed by atoms with Gasteiger partial charge in [-0.3, -0.25) is 0 Å². The molecule has 0 aliphatic carbocycles. The molecule has 0 saturated carbocycles. The Morgan fingerprint density at radius 2 is 1.89 bits per heavy atom. The molecule has 0 spiro atoms. The van der Waals surface area contributed by atoms with E-state index < -0.39 is 0 Å². The minimum atomic E-state index is -0.222. The fourth-order valence-electron chi connectivity index (χ4n) is 1.93. The Morgan fingerprint density at radius 1 is 1.28 bits per heavy atom. The zero-order chi connectivity index (χ0) is 13.5. The van der Waals surface area contributed by atoms with Crippen LogP contribution >= 0.6 is 0 Å². The molecule has 100 valence electrons. The fraction of sp³-hybridized carbons (Fsp3) is 0.500. The lowest BCUT2D eigenvalue weighted by Gasteiger charge is -2.16. The highest BCUT2D eigenvalue weighted by molar-refractivity contribution is 5.89. The molecule has 1 aromatic rings. The molecular weight excluding hydrogens is 228 g/mol. The van der Waals surface area contributed by atoms with Gasteiger partial charge in [0.05, 0.1) is 0 Å². The van der Waals surface area contributed by atoms with E-state index in [1.165, 1.54) is 0 Å². The van der Waals surface area contributed by atoms with Gasteiger partial charge < -0.3 is 15.7 Å². The van der Waals surface area contributed by atoms with Crippen molar-refractivity contribution in [1.82, 2.24) is 5.32 Å². The number of aliphatic hydroxyl groups excluding tert-OH is 1. The normalized spacial score (nSPS) is 12.0. The predicted molar refractivity (Wildman–Crippen MR) is 73.9 cm³/mol. The first-order valence-corrected chi connectivity index (χ1v) is 6.31. The lowest BCUT2D eigenvalue weighted by molar-refractivity contribution is 0.237. The fourth-order valence-corrected chi connectivity index (χ4v) is 1.93. The predicted octanol–water partition coefficient (Wildman–Crippen LogP) is 2.59. The number of aryl methyl sites for hydroxylation is 2. The minimum Gasteiger partial charge on any atom is -0.396 e. The number of carbonyl (C=O) groups is 1. The van der Waals surface area contributed by atoms with E-state index in [4.69, 9.17) is 5.11 Å². The minimum absolute atomic E-state index is 0.0147. The van der Waals surface area contributed by atoms with Crippen LogP contribution in [0.15, 0.2) is 18.2 Å². The molecular formula is C14H22N2O2. The number of urea groups is 1. The van der Waals surface area contributed by atoms with Crippen molar-refractivity contribution in [2.24, 2.45) is 0 Å². The summed E-state index contributed by atoms with van der Waals surface area (Å²) in [4.78, 5) is 11.8. The Bertz CT molecular complexity index is 385. The molecule has 4 heteroatoms. The SMILES string of the molecule is CCC(CCO)NC(=O)Nc1cc(C)cc(C)c1. The Kier molecular flexibility index (Phi) is 5.65. The number of hydrogen-bond donors (Lipinski definition) is 3. The molecule has 0 fully saturated rings. The standard InChI is InChI=1S/C14H22N2O2/c1-4-12(5-6-17)15-14(18)16-13-8-10(2)7-11(3)9-13/h7-9,12,17H,4-6H2,1-3H3,(H2,15,16,18). The number of carbonyl (C=O) groups excluding carboxylic acids is 1. The van der Waals surface area contributed by atoms with Crippen LogP contribution in [0.4, 0.5) is 10.5 Å². The molecule has 2 amide bonds. The van der Waals surface area contributed by atoms with Crippen LogP contribution in [0.1, 0.15) is 30.9 Å². The Balaban J connectivity index is 2.58. The number of benzene rings is 1. The second kappa shape index (κ2) is 7.01. The summed E-state index contributed by atoms with van der Waals surface area (Å²) in [5, 5.41) is 14.5. The van der Waals surface area contributed by atoms with Crippen LogP contribution in [0.25, 0.3) is 0 Å². The third-order valence-corrected chi connectivity index (χ3v) is 2.79. The van der Waals surface area contributed by atoms with Crippen LogP contribution in [-0.4, -0.2) is 23.8 Å². The third-order valence-electron chi connectivity index (χ3n) is 2.79. The Hall–Kier alpha value is -1.55. The molecule has 0 radical (unpaired) electrons. The summed E-state index contributed by atoms with van der Waals surface area (Å²) in [5.41, 5.74) is 3.03. The highest BCUT2D eigenvalue weighted by atomic mass is 16.3. The van der Waals surface area contributed by atoms with Crippen molar-refractivity contribution in [3.8, 4) is 0 Å². The second-order valence-corrected chi connectivity index (χ2v) is 4.59. The van der Waals surface area contributed by atoms with Gasteiger partial charge in [0.2, 0.25) is 0 Å². The summed E-state index contributed by atoms with van der Waals surface area (Å²) in [6.45, 7) is 6.06. The highest BCUT2D eigenvalue weighted by Gasteiger charge is 2.09. The first kappa shape index (κ1) is 14.5. The van der Waals surface area contributed by atoms with Crippen molar-refractivity contribution < 1.29 is 9.90 Å². The number of aliphatic hydroxyl groups is 1. The van der Waals surface area contributed by atoms with E-state index in [-0.39, 0.29) is 18.7 Å². The lowest BCUT2D eigenvalue weighted by Crippen LogP contribution is -2.38. The molecule has 0 saturated heterocycles. The summed E-state index contributed by atoms with van der Waals surface area (Å²) in [6, 6.07) is 5.71. The van der Waals surface area contributed by atoms with Gasteiger partial charge in [-0.25, -0.2) is 4.79 Å². The molecule has 3 N–H and O–H groups in total. The topological polar surface area (TPSA) is 61.4 Å². The summed E-state index contributed by atoms with van der Waals surface area (Å²) < 4.78 is 0. The maximum absolute atomic E-state index is 11.8. The molecule has 0 aliphatic heterocycles. The monoisotopic (exact) mass is 250 g/mol. The van der Waals surface area contributed by atoms with E-state index in [9.17, 15) is 4.79 Å². The Morgan fingerprint density at radius 3 is 2.39 bits per heavy atom. The van der Waals surface area contributed by atoms with Crippen molar-refractivity contribution >= 4 is 11.7 Å². The molecule has 1 rings (SSSR count). The summed E-state index contributed by atoms with van der Waals surface area (Å²) in [7, 11) is 0. The van der Waals surface area contributed by atoms with Gasteiger partial charge in [-0.05, 0) is 49.9 Å². The molecule has 4 nitrogen and oxygen atoms in total. The number of rotatable bonds is 5. The average molecular weight is 250 g/mol. The zero-order valence-electron chi connectivity index (χ0n) is 11.3. The van der Waals surface area contributed by atoms with Gasteiger partial charge >= 0.3 is 6.03 Å². The van der Waals surface area contributed by atoms with Gasteiger partial charge in [-0.15, -0.1) is 0 Å². The molecule has 1 aromatic carbocycles. The molecule has 0 heterocycles. The van der Waals surface area contributed by atoms with Gasteiger partial charge in [0, 0.05) is 18.3 Å². The molecule has 1 atom stereocenters. The van der Waals surface area contributed by atoms with Crippen molar-refractivity contribution in [2.75, 3.05) is 11.9 Å². The molecule has 1 unspecified atom stereocenters. The summed E-state index contributed by atoms with van der Waals surface area (Å²) in [5.74, 6) is 0. The van der Waals surface area contributed by atoms with Gasteiger partial charge in [0.15, 0.2) is 0 Å². The molecule has 0 aromatic heterocycles. The van der Waals surface area contributed by atoms with Crippen LogP contribution in [-0.2, 0) is 0 Å². The van der Waals surface area contributed by atoms with Crippen molar-refractivity contribution in [1.29, 1.82) is 0 Å². The maximum atomic E-state index is 11.8. The van der Waals surface area contributed by atoms with E-state index in [1.807, 2.05) is 32.9 Å². The highest BCUT2D eigenvalue weighted by Crippen LogP contribution is 2.13. The smallest absolute Gasteiger partial charge is 0.319 e. The van der Waals surface area contributed by atoms with Gasteiger partial charge in [-0.2, -0.15) is 0 Å². The largest absolute Gasteiger partial charge is 0.396 e. The average Bonchev–Trinajstić information content (AvgIpc) is 2.26. The number of amides is 2. The maximum Gasteiger partial charge on any atom is 0.319 e. The quantitative estimate of drug-likeness (QED) is 0.752. The van der Waals surface area contributed by atoms with Crippen molar-refractivity contribution in [2.45, 2.75) is 39.7 Å². The van der Waals surface area contributed by atoms with E-state index in [0.29, 0.717) is 6.42 Å². The van der Waals surface area contributed by atoms with Crippen molar-refractivity contribution in [3.63, 3.8) is 0 Å². The van der Waals surface area contributed by atoms with Crippen LogP contribution in [0.3, 0.4) is 0 Å². The summed E-state index contributed by atoms with van der Waals surface area (Å²) >= 11 is 0. The molecule has 18 heavy (non-hydrogen) atoms.